The molecule has 1 atom stereocenters. The summed E-state index contributed by atoms with van der Waals surface area (Å²) in [6.45, 7) is 5.61. The molecular weight excluding hydrogens is 348 g/mol. The maximum absolute atomic E-state index is 5.57. The normalized spacial score (nSPS) is 18.5. The Balaban J connectivity index is 1.43. The van der Waals surface area contributed by atoms with E-state index in [1.165, 1.54) is 36.1 Å². The first kappa shape index (κ1) is 17.2. The number of aromatic nitrogens is 2. The van der Waals surface area contributed by atoms with E-state index in [1.807, 2.05) is 18.3 Å². The second kappa shape index (κ2) is 6.89. The van der Waals surface area contributed by atoms with Gasteiger partial charge in [-0.05, 0) is 68.5 Å². The van der Waals surface area contributed by atoms with Crippen LogP contribution < -0.4 is 4.90 Å². The minimum absolute atomic E-state index is 0.556. The molecule has 1 fully saturated rings. The lowest BCUT2D eigenvalue weighted by Crippen LogP contribution is -2.37. The molecular formula is C23H24N4O. The van der Waals surface area contributed by atoms with Gasteiger partial charge < -0.3 is 9.42 Å². The Morgan fingerprint density at radius 3 is 2.82 bits per heavy atom. The molecule has 2 aromatic carbocycles. The average Bonchev–Trinajstić information content (AvgIpc) is 3.37. The van der Waals surface area contributed by atoms with Gasteiger partial charge in [-0.25, -0.2) is 0 Å². The van der Waals surface area contributed by atoms with Gasteiger partial charge in [-0.1, -0.05) is 17.3 Å². The summed E-state index contributed by atoms with van der Waals surface area (Å²) in [5, 5.41) is 4.19. The molecule has 1 unspecified atom stereocenters. The standard InChI is InChI=1S/C23H24N4O/c1-15-13-19(8-9-21(15)27-12-4-3-5-16(27)2)23-25-22(26-28-23)18-7-6-17-10-11-24-20(17)14-18/h6-9,11,13-14,16H,3-5,10,12H2,1-2H3. The molecule has 2 aliphatic heterocycles. The second-order valence-corrected chi connectivity index (χ2v) is 7.82. The van der Waals surface area contributed by atoms with Crippen LogP contribution in [0.5, 0.6) is 0 Å². The molecule has 0 N–H and O–H groups in total. The maximum atomic E-state index is 5.57. The number of hydrogen-bond donors (Lipinski definition) is 0. The van der Waals surface area contributed by atoms with Crippen molar-refractivity contribution in [3.63, 3.8) is 0 Å². The summed E-state index contributed by atoms with van der Waals surface area (Å²) in [7, 11) is 0. The summed E-state index contributed by atoms with van der Waals surface area (Å²) < 4.78 is 5.57. The Morgan fingerprint density at radius 1 is 1.07 bits per heavy atom. The lowest BCUT2D eigenvalue weighted by atomic mass is 10.0. The lowest BCUT2D eigenvalue weighted by molar-refractivity contribution is 0.432. The molecule has 5 heteroatoms. The van der Waals surface area contributed by atoms with Crippen LogP contribution in [0.15, 0.2) is 45.9 Å². The quantitative estimate of drug-likeness (QED) is 0.622. The van der Waals surface area contributed by atoms with Crippen molar-refractivity contribution in [2.75, 3.05) is 11.4 Å². The van der Waals surface area contributed by atoms with Crippen molar-refractivity contribution < 1.29 is 4.52 Å². The molecule has 5 rings (SSSR count). The summed E-state index contributed by atoms with van der Waals surface area (Å²) in [6, 6.07) is 13.2. The summed E-state index contributed by atoms with van der Waals surface area (Å²) in [5.74, 6) is 1.16. The van der Waals surface area contributed by atoms with Crippen LogP contribution in [0.1, 0.15) is 37.3 Å². The Kier molecular flexibility index (Phi) is 4.23. The van der Waals surface area contributed by atoms with E-state index in [1.54, 1.807) is 0 Å². The molecule has 0 amide bonds. The van der Waals surface area contributed by atoms with E-state index in [4.69, 9.17) is 4.52 Å². The summed E-state index contributed by atoms with van der Waals surface area (Å²) in [6.07, 6.45) is 6.69. The minimum atomic E-state index is 0.556. The maximum Gasteiger partial charge on any atom is 0.258 e. The first-order valence-corrected chi connectivity index (χ1v) is 10.1. The fourth-order valence-corrected chi connectivity index (χ4v) is 4.26. The van der Waals surface area contributed by atoms with Gasteiger partial charge in [0.15, 0.2) is 0 Å². The first-order chi connectivity index (χ1) is 13.7. The fraction of sp³-hybridized carbons (Fsp3) is 0.348. The predicted octanol–water partition coefficient (Wildman–Crippen LogP) is 5.35. The SMILES string of the molecule is Cc1cc(-c2nc(-c3ccc4c(c3)N=CC4)no2)ccc1N1CCCCC1C. The number of hydrogen-bond acceptors (Lipinski definition) is 5. The second-order valence-electron chi connectivity index (χ2n) is 7.82. The molecule has 0 radical (unpaired) electrons. The molecule has 2 aliphatic rings. The highest BCUT2D eigenvalue weighted by molar-refractivity contribution is 5.78. The van der Waals surface area contributed by atoms with Crippen LogP contribution in [0.25, 0.3) is 22.8 Å². The number of piperidine rings is 1. The van der Waals surface area contributed by atoms with Gasteiger partial charge in [0.2, 0.25) is 5.82 Å². The number of aliphatic imine (C=N–C) groups is 1. The van der Waals surface area contributed by atoms with Gasteiger partial charge in [0, 0.05) is 42.0 Å². The zero-order chi connectivity index (χ0) is 19.1. The number of aryl methyl sites for hydroxylation is 1. The molecule has 0 bridgehead atoms. The molecule has 1 saturated heterocycles. The molecule has 1 aromatic heterocycles. The van der Waals surface area contributed by atoms with Crippen molar-refractivity contribution in [2.45, 2.75) is 45.6 Å². The topological polar surface area (TPSA) is 54.5 Å². The summed E-state index contributed by atoms with van der Waals surface area (Å²) >= 11 is 0. The summed E-state index contributed by atoms with van der Waals surface area (Å²) in [4.78, 5) is 11.6. The predicted molar refractivity (Wildman–Crippen MR) is 112 cm³/mol. The van der Waals surface area contributed by atoms with Crippen molar-refractivity contribution >= 4 is 17.6 Å². The van der Waals surface area contributed by atoms with Gasteiger partial charge >= 0.3 is 0 Å². The third-order valence-corrected chi connectivity index (χ3v) is 5.87. The number of anilines is 1. The largest absolute Gasteiger partial charge is 0.369 e. The third-order valence-electron chi connectivity index (χ3n) is 5.87. The van der Waals surface area contributed by atoms with Crippen LogP contribution in [-0.4, -0.2) is 28.9 Å². The lowest BCUT2D eigenvalue weighted by Gasteiger charge is -2.36. The highest BCUT2D eigenvalue weighted by Crippen LogP contribution is 2.33. The summed E-state index contributed by atoms with van der Waals surface area (Å²) in [5.41, 5.74) is 6.70. The first-order valence-electron chi connectivity index (χ1n) is 10.1. The van der Waals surface area contributed by atoms with Gasteiger partial charge in [-0.2, -0.15) is 4.98 Å². The third kappa shape index (κ3) is 3.01. The van der Waals surface area contributed by atoms with Gasteiger partial charge in [0.25, 0.3) is 5.89 Å². The Labute approximate surface area is 165 Å². The number of fused-ring (bicyclic) bond motifs is 1. The van der Waals surface area contributed by atoms with E-state index < -0.39 is 0 Å². The molecule has 28 heavy (non-hydrogen) atoms. The Hall–Kier alpha value is -2.95. The van der Waals surface area contributed by atoms with Crippen molar-refractivity contribution in [3.8, 4) is 22.8 Å². The smallest absolute Gasteiger partial charge is 0.258 e. The molecule has 3 heterocycles. The van der Waals surface area contributed by atoms with Gasteiger partial charge in [-0.15, -0.1) is 0 Å². The Bertz CT molecular complexity index is 1050. The molecule has 3 aromatic rings. The molecule has 0 spiro atoms. The van der Waals surface area contributed by atoms with Crippen molar-refractivity contribution in [2.24, 2.45) is 4.99 Å². The van der Waals surface area contributed by atoms with Crippen LogP contribution >= 0.6 is 0 Å². The molecule has 0 aliphatic carbocycles. The fourth-order valence-electron chi connectivity index (χ4n) is 4.26. The van der Waals surface area contributed by atoms with Gasteiger partial charge in [0.1, 0.15) is 0 Å². The van der Waals surface area contributed by atoms with E-state index in [0.717, 1.165) is 29.8 Å². The Morgan fingerprint density at radius 2 is 1.96 bits per heavy atom. The van der Waals surface area contributed by atoms with E-state index in [0.29, 0.717) is 17.8 Å². The van der Waals surface area contributed by atoms with Crippen LogP contribution in [0.3, 0.4) is 0 Å². The highest BCUT2D eigenvalue weighted by atomic mass is 16.5. The van der Waals surface area contributed by atoms with Crippen LogP contribution in [0, 0.1) is 6.92 Å². The van der Waals surface area contributed by atoms with Gasteiger partial charge in [-0.3, -0.25) is 4.99 Å². The van der Waals surface area contributed by atoms with Crippen LogP contribution in [0.2, 0.25) is 0 Å². The van der Waals surface area contributed by atoms with E-state index in [2.05, 4.69) is 58.1 Å². The van der Waals surface area contributed by atoms with E-state index >= 15 is 0 Å². The molecule has 5 nitrogen and oxygen atoms in total. The van der Waals surface area contributed by atoms with E-state index in [-0.39, 0.29) is 0 Å². The number of nitrogens with zero attached hydrogens (tertiary/aromatic N) is 4. The van der Waals surface area contributed by atoms with E-state index in [9.17, 15) is 0 Å². The van der Waals surface area contributed by atoms with Gasteiger partial charge in [0.05, 0.1) is 5.69 Å². The van der Waals surface area contributed by atoms with Crippen molar-refractivity contribution in [1.29, 1.82) is 0 Å². The van der Waals surface area contributed by atoms with Crippen LogP contribution in [0.4, 0.5) is 11.4 Å². The molecule has 0 saturated carbocycles. The highest BCUT2D eigenvalue weighted by Gasteiger charge is 2.21. The van der Waals surface area contributed by atoms with Crippen molar-refractivity contribution in [1.82, 2.24) is 10.1 Å². The minimum Gasteiger partial charge on any atom is -0.369 e. The average molecular weight is 372 g/mol. The molecule has 142 valence electrons. The van der Waals surface area contributed by atoms with Crippen molar-refractivity contribution in [3.05, 3.63) is 47.5 Å². The monoisotopic (exact) mass is 372 g/mol. The van der Waals surface area contributed by atoms with Crippen LogP contribution in [-0.2, 0) is 6.42 Å². The number of benzene rings is 2. The number of rotatable bonds is 3. The zero-order valence-corrected chi connectivity index (χ0v) is 16.4. The zero-order valence-electron chi connectivity index (χ0n) is 16.4.